The van der Waals surface area contributed by atoms with E-state index in [2.05, 4.69) is 0 Å². The molecular formula is C17H17NO6S. The minimum absolute atomic E-state index is 0.0787. The Kier molecular flexibility index (Phi) is 4.71. The highest BCUT2D eigenvalue weighted by Crippen LogP contribution is 2.41. The van der Waals surface area contributed by atoms with E-state index in [0.29, 0.717) is 17.7 Å². The van der Waals surface area contributed by atoms with Gasteiger partial charge in [0.25, 0.3) is 0 Å². The Hall–Kier alpha value is -2.48. The van der Waals surface area contributed by atoms with Gasteiger partial charge in [0.15, 0.2) is 0 Å². The van der Waals surface area contributed by atoms with E-state index in [4.69, 9.17) is 4.74 Å². The summed E-state index contributed by atoms with van der Waals surface area (Å²) in [6, 6.07) is 6.38. The van der Waals surface area contributed by atoms with E-state index in [-0.39, 0.29) is 29.1 Å². The summed E-state index contributed by atoms with van der Waals surface area (Å²) in [5, 5.41) is 18.8. The van der Waals surface area contributed by atoms with Crippen molar-refractivity contribution in [2.24, 2.45) is 0 Å². The van der Waals surface area contributed by atoms with Crippen molar-refractivity contribution in [1.82, 2.24) is 4.90 Å². The summed E-state index contributed by atoms with van der Waals surface area (Å²) >= 11 is 1.47. The maximum atomic E-state index is 11.8. The molecule has 1 saturated heterocycles. The number of β-lactam (4-membered cyclic amide) rings is 1. The number of thioether (sulfide) groups is 1. The molecule has 8 heteroatoms. The van der Waals surface area contributed by atoms with Crippen LogP contribution in [-0.2, 0) is 25.5 Å². The Labute approximate surface area is 148 Å². The number of carbonyl (C=O) groups excluding carboxylic acids is 2. The van der Waals surface area contributed by atoms with E-state index in [1.807, 2.05) is 0 Å². The van der Waals surface area contributed by atoms with Gasteiger partial charge in [-0.25, -0.2) is 4.79 Å². The molecule has 0 bridgehead atoms. The monoisotopic (exact) mass is 363 g/mol. The molecule has 2 aliphatic rings. The number of aromatic hydroxyl groups is 1. The van der Waals surface area contributed by atoms with Crippen LogP contribution >= 0.6 is 11.8 Å². The first kappa shape index (κ1) is 17.3. The summed E-state index contributed by atoms with van der Waals surface area (Å²) in [7, 11) is 0. The number of carbonyl (C=O) groups is 3. The van der Waals surface area contributed by atoms with Crippen LogP contribution in [0.3, 0.4) is 0 Å². The number of aliphatic carboxylic acids is 1. The second-order valence-electron chi connectivity index (χ2n) is 5.88. The summed E-state index contributed by atoms with van der Waals surface area (Å²) in [6.45, 7) is 1.26. The Bertz CT molecular complexity index is 757. The zero-order valence-corrected chi connectivity index (χ0v) is 14.3. The van der Waals surface area contributed by atoms with Crippen molar-refractivity contribution in [2.45, 2.75) is 31.2 Å². The predicted molar refractivity (Wildman–Crippen MR) is 89.7 cm³/mol. The van der Waals surface area contributed by atoms with Crippen LogP contribution in [0.2, 0.25) is 0 Å². The first-order chi connectivity index (χ1) is 11.9. The van der Waals surface area contributed by atoms with Crippen LogP contribution in [0.25, 0.3) is 0 Å². The number of benzene rings is 1. The average molecular weight is 363 g/mol. The number of fused-ring (bicyclic) bond motifs is 1. The van der Waals surface area contributed by atoms with Crippen LogP contribution in [0.1, 0.15) is 18.9 Å². The molecule has 2 N–H and O–H groups in total. The van der Waals surface area contributed by atoms with Gasteiger partial charge < -0.3 is 14.9 Å². The summed E-state index contributed by atoms with van der Waals surface area (Å²) in [5.74, 6) is -1.47. The van der Waals surface area contributed by atoms with E-state index in [1.165, 1.54) is 35.7 Å². The molecule has 1 fully saturated rings. The molecule has 2 aliphatic heterocycles. The lowest BCUT2D eigenvalue weighted by Crippen LogP contribution is -2.54. The summed E-state index contributed by atoms with van der Waals surface area (Å²) in [5.41, 5.74) is 1.12. The standard InChI is InChI=1S/C17H17NO6S/c1-9(19)24-13(6-10-2-4-11(20)5-3-10)12-8-25-15-7-14(21)18(15)16(12)17(22)23/h2-5,13,15,20H,6-8H2,1H3,(H,22,23)/t13?,15-/m1/s1. The van der Waals surface area contributed by atoms with Crippen LogP contribution in [-0.4, -0.2) is 50.2 Å². The van der Waals surface area contributed by atoms with Gasteiger partial charge in [-0.15, -0.1) is 11.8 Å². The predicted octanol–water partition coefficient (Wildman–Crippen LogP) is 1.51. The highest BCUT2D eigenvalue weighted by atomic mass is 32.2. The molecule has 3 rings (SSSR count). The van der Waals surface area contributed by atoms with Gasteiger partial charge in [-0.1, -0.05) is 12.1 Å². The number of hydrogen-bond donors (Lipinski definition) is 2. The second-order valence-corrected chi connectivity index (χ2v) is 7.05. The van der Waals surface area contributed by atoms with Gasteiger partial charge in [-0.2, -0.15) is 0 Å². The van der Waals surface area contributed by atoms with Gasteiger partial charge in [0.2, 0.25) is 5.91 Å². The molecule has 0 saturated carbocycles. The molecule has 1 aromatic carbocycles. The fourth-order valence-corrected chi connectivity index (χ4v) is 4.29. The van der Waals surface area contributed by atoms with E-state index < -0.39 is 18.0 Å². The number of nitrogens with zero attached hydrogens (tertiary/aromatic N) is 1. The quantitative estimate of drug-likeness (QED) is 0.603. The van der Waals surface area contributed by atoms with E-state index in [9.17, 15) is 24.6 Å². The molecule has 1 unspecified atom stereocenters. The summed E-state index contributed by atoms with van der Waals surface area (Å²) < 4.78 is 5.37. The second kappa shape index (κ2) is 6.79. The van der Waals surface area contributed by atoms with Crippen LogP contribution in [0, 0.1) is 0 Å². The third-order valence-electron chi connectivity index (χ3n) is 4.14. The molecule has 2 heterocycles. The van der Waals surface area contributed by atoms with Crippen LogP contribution < -0.4 is 0 Å². The van der Waals surface area contributed by atoms with Gasteiger partial charge in [0, 0.05) is 24.7 Å². The van der Waals surface area contributed by atoms with Crippen molar-refractivity contribution in [3.63, 3.8) is 0 Å². The molecule has 2 atom stereocenters. The molecule has 25 heavy (non-hydrogen) atoms. The van der Waals surface area contributed by atoms with Gasteiger partial charge in [-0.3, -0.25) is 14.5 Å². The lowest BCUT2D eigenvalue weighted by Gasteiger charge is -2.44. The largest absolute Gasteiger partial charge is 0.508 e. The minimum Gasteiger partial charge on any atom is -0.508 e. The average Bonchev–Trinajstić information content (AvgIpc) is 2.54. The maximum absolute atomic E-state index is 11.8. The first-order valence-electron chi connectivity index (χ1n) is 7.72. The molecule has 0 aromatic heterocycles. The molecule has 0 spiro atoms. The lowest BCUT2D eigenvalue weighted by atomic mass is 9.98. The van der Waals surface area contributed by atoms with Crippen molar-refractivity contribution >= 4 is 29.6 Å². The number of carboxylic acid groups (broad SMARTS) is 1. The minimum atomic E-state index is -1.20. The Morgan fingerprint density at radius 2 is 2.04 bits per heavy atom. The van der Waals surface area contributed by atoms with E-state index >= 15 is 0 Å². The Morgan fingerprint density at radius 3 is 2.60 bits per heavy atom. The number of phenolic OH excluding ortho intramolecular Hbond substituents is 1. The fourth-order valence-electron chi connectivity index (χ4n) is 2.97. The molecule has 0 aliphatic carbocycles. The van der Waals surface area contributed by atoms with Crippen molar-refractivity contribution in [3.05, 3.63) is 41.1 Å². The number of amides is 1. The normalized spacial score (nSPS) is 20.6. The molecule has 7 nitrogen and oxygen atoms in total. The number of ether oxygens (including phenoxy) is 1. The maximum Gasteiger partial charge on any atom is 0.352 e. The summed E-state index contributed by atoms with van der Waals surface area (Å²) in [4.78, 5) is 36.4. The van der Waals surface area contributed by atoms with E-state index in [0.717, 1.165) is 5.56 Å². The zero-order chi connectivity index (χ0) is 18.1. The number of carboxylic acids is 1. The molecular weight excluding hydrogens is 346 g/mol. The van der Waals surface area contributed by atoms with Crippen molar-refractivity contribution in [3.8, 4) is 5.75 Å². The van der Waals surface area contributed by atoms with Crippen molar-refractivity contribution in [1.29, 1.82) is 0 Å². The van der Waals surface area contributed by atoms with Crippen molar-refractivity contribution in [2.75, 3.05) is 5.75 Å². The van der Waals surface area contributed by atoms with Crippen LogP contribution in [0.4, 0.5) is 0 Å². The van der Waals surface area contributed by atoms with Gasteiger partial charge >= 0.3 is 11.9 Å². The number of esters is 1. The highest BCUT2D eigenvalue weighted by molar-refractivity contribution is 8.00. The van der Waals surface area contributed by atoms with Gasteiger partial charge in [0.1, 0.15) is 17.6 Å². The number of hydrogen-bond acceptors (Lipinski definition) is 6. The van der Waals surface area contributed by atoms with Gasteiger partial charge in [0.05, 0.1) is 11.8 Å². The Balaban J connectivity index is 1.96. The molecule has 132 valence electrons. The molecule has 1 amide bonds. The molecule has 0 radical (unpaired) electrons. The highest BCUT2D eigenvalue weighted by Gasteiger charge is 2.46. The third-order valence-corrected chi connectivity index (χ3v) is 5.38. The number of phenols is 1. The first-order valence-corrected chi connectivity index (χ1v) is 8.77. The lowest BCUT2D eigenvalue weighted by molar-refractivity contribution is -0.147. The number of rotatable bonds is 5. The van der Waals surface area contributed by atoms with Gasteiger partial charge in [-0.05, 0) is 17.7 Å². The Morgan fingerprint density at radius 1 is 1.36 bits per heavy atom. The van der Waals surface area contributed by atoms with Crippen molar-refractivity contribution < 1.29 is 29.3 Å². The smallest absolute Gasteiger partial charge is 0.352 e. The molecule has 1 aromatic rings. The van der Waals surface area contributed by atoms with E-state index in [1.54, 1.807) is 12.1 Å². The SMILES string of the molecule is CC(=O)OC(Cc1ccc(O)cc1)C1=C(C(=O)O)N2C(=O)C[C@H]2SC1. The fraction of sp³-hybridized carbons (Fsp3) is 0.353. The zero-order valence-electron chi connectivity index (χ0n) is 13.5. The van der Waals surface area contributed by atoms with Crippen LogP contribution in [0.15, 0.2) is 35.5 Å². The summed E-state index contributed by atoms with van der Waals surface area (Å²) in [6.07, 6.45) is -0.195. The van der Waals surface area contributed by atoms with Crippen LogP contribution in [0.5, 0.6) is 5.75 Å². The third kappa shape index (κ3) is 3.48. The topological polar surface area (TPSA) is 104 Å².